The fourth-order valence-corrected chi connectivity index (χ4v) is 4.76. The summed E-state index contributed by atoms with van der Waals surface area (Å²) < 4.78 is 26.2. The van der Waals surface area contributed by atoms with Crippen molar-refractivity contribution >= 4 is 32.3 Å². The number of sulfone groups is 1. The molecule has 0 radical (unpaired) electrons. The Morgan fingerprint density at radius 2 is 1.75 bits per heavy atom. The lowest BCUT2D eigenvalue weighted by Crippen LogP contribution is -2.46. The van der Waals surface area contributed by atoms with Crippen LogP contribution < -0.4 is 17.2 Å². The molecule has 7 N–H and O–H groups in total. The van der Waals surface area contributed by atoms with Gasteiger partial charge in [0.15, 0.2) is 9.84 Å². The topological polar surface area (TPSA) is 150 Å². The fourth-order valence-electron chi connectivity index (χ4n) is 2.71. The molecule has 130 valence electrons. The lowest BCUT2D eigenvalue weighted by Gasteiger charge is -2.22. The van der Waals surface area contributed by atoms with Crippen LogP contribution in [0.15, 0.2) is 41.3 Å². The van der Waals surface area contributed by atoms with Gasteiger partial charge in [-0.1, -0.05) is 24.3 Å². The van der Waals surface area contributed by atoms with Gasteiger partial charge >= 0.3 is 5.97 Å². The molecular weight excluding hydrogens is 330 g/mol. The van der Waals surface area contributed by atoms with E-state index in [0.717, 1.165) is 0 Å². The SMILES string of the molecule is NCCCC(C(N)C(=O)O)S(=O)(=O)c1ccc(N)c2ccccc12. The molecule has 0 spiro atoms. The minimum Gasteiger partial charge on any atom is -0.480 e. The van der Waals surface area contributed by atoms with Gasteiger partial charge in [-0.05, 0) is 31.5 Å². The van der Waals surface area contributed by atoms with Crippen LogP contribution in [0.5, 0.6) is 0 Å². The van der Waals surface area contributed by atoms with E-state index in [1.54, 1.807) is 24.3 Å². The molecule has 24 heavy (non-hydrogen) atoms. The van der Waals surface area contributed by atoms with E-state index in [1.165, 1.54) is 12.1 Å². The van der Waals surface area contributed by atoms with Crippen molar-refractivity contribution in [2.45, 2.75) is 29.0 Å². The minimum atomic E-state index is -3.98. The maximum Gasteiger partial charge on any atom is 0.321 e. The highest BCUT2D eigenvalue weighted by atomic mass is 32.2. The first-order chi connectivity index (χ1) is 11.3. The van der Waals surface area contributed by atoms with Crippen molar-refractivity contribution in [3.8, 4) is 0 Å². The first-order valence-corrected chi connectivity index (χ1v) is 9.05. The molecule has 0 heterocycles. The number of nitrogen functional groups attached to an aromatic ring is 1. The predicted octanol–water partition coefficient (Wildman–Crippen LogP) is 0.715. The summed E-state index contributed by atoms with van der Waals surface area (Å²) >= 11 is 0. The van der Waals surface area contributed by atoms with Crippen molar-refractivity contribution in [2.24, 2.45) is 11.5 Å². The summed E-state index contributed by atoms with van der Waals surface area (Å²) in [5.41, 5.74) is 17.5. The number of anilines is 1. The molecule has 2 rings (SSSR count). The van der Waals surface area contributed by atoms with Crippen LogP contribution in [0.4, 0.5) is 5.69 Å². The van der Waals surface area contributed by atoms with Gasteiger partial charge < -0.3 is 22.3 Å². The quantitative estimate of drug-likeness (QED) is 0.537. The molecule has 7 nitrogen and oxygen atoms in total. The first-order valence-electron chi connectivity index (χ1n) is 7.50. The van der Waals surface area contributed by atoms with Gasteiger partial charge in [-0.3, -0.25) is 4.79 Å². The van der Waals surface area contributed by atoms with Gasteiger partial charge in [0, 0.05) is 16.5 Å². The molecule has 0 fully saturated rings. The van der Waals surface area contributed by atoms with Crippen molar-refractivity contribution in [2.75, 3.05) is 12.3 Å². The highest BCUT2D eigenvalue weighted by Gasteiger charge is 2.37. The number of carbonyl (C=O) groups is 1. The number of nitrogens with two attached hydrogens (primary N) is 3. The lowest BCUT2D eigenvalue weighted by molar-refractivity contribution is -0.138. The third-order valence-electron chi connectivity index (χ3n) is 4.00. The maximum atomic E-state index is 13.1. The first kappa shape index (κ1) is 18.2. The number of hydrogen-bond donors (Lipinski definition) is 4. The fraction of sp³-hybridized carbons (Fsp3) is 0.312. The smallest absolute Gasteiger partial charge is 0.321 e. The summed E-state index contributed by atoms with van der Waals surface area (Å²) in [4.78, 5) is 11.3. The number of carboxylic acids is 1. The second kappa shape index (κ2) is 7.16. The van der Waals surface area contributed by atoms with Gasteiger partial charge in [0.25, 0.3) is 0 Å². The normalized spacial score (nSPS) is 14.4. The Balaban J connectivity index is 2.63. The average Bonchev–Trinajstić information content (AvgIpc) is 2.55. The number of benzene rings is 2. The van der Waals surface area contributed by atoms with Crippen LogP contribution >= 0.6 is 0 Å². The Bertz CT molecular complexity index is 852. The van der Waals surface area contributed by atoms with Crippen LogP contribution in [0.2, 0.25) is 0 Å². The van der Waals surface area contributed by atoms with E-state index in [9.17, 15) is 18.3 Å². The predicted molar refractivity (Wildman–Crippen MR) is 93.2 cm³/mol. The standard InChI is InChI=1S/C16H21N3O4S/c17-9-3-6-14(15(19)16(20)21)24(22,23)13-8-7-12(18)10-4-1-2-5-11(10)13/h1-2,4-5,7-8,14-15H,3,6,9,17-19H2,(H,20,21). The van der Waals surface area contributed by atoms with Crippen LogP contribution in [0.25, 0.3) is 10.8 Å². The van der Waals surface area contributed by atoms with Gasteiger partial charge in [0.2, 0.25) is 0 Å². The maximum absolute atomic E-state index is 13.1. The van der Waals surface area contributed by atoms with Crippen molar-refractivity contribution in [3.63, 3.8) is 0 Å². The molecular formula is C16H21N3O4S. The van der Waals surface area contributed by atoms with Crippen LogP contribution in [-0.4, -0.2) is 37.3 Å². The number of rotatable bonds is 7. The molecule has 0 aliphatic rings. The molecule has 2 unspecified atom stereocenters. The van der Waals surface area contributed by atoms with Gasteiger partial charge in [0.05, 0.1) is 10.1 Å². The van der Waals surface area contributed by atoms with E-state index in [4.69, 9.17) is 17.2 Å². The Hall–Kier alpha value is -2.16. The van der Waals surface area contributed by atoms with Crippen LogP contribution in [0, 0.1) is 0 Å². The Morgan fingerprint density at radius 3 is 2.33 bits per heavy atom. The molecule has 0 aliphatic heterocycles. The number of fused-ring (bicyclic) bond motifs is 1. The molecule has 8 heteroatoms. The van der Waals surface area contributed by atoms with E-state index in [-0.39, 0.29) is 17.9 Å². The van der Waals surface area contributed by atoms with Crippen molar-refractivity contribution in [3.05, 3.63) is 36.4 Å². The van der Waals surface area contributed by atoms with Gasteiger partial charge in [-0.25, -0.2) is 8.42 Å². The summed E-state index contributed by atoms with van der Waals surface area (Å²) in [5, 5.41) is 8.97. The molecule has 2 aromatic carbocycles. The third-order valence-corrected chi connectivity index (χ3v) is 6.30. The van der Waals surface area contributed by atoms with Crippen LogP contribution in [-0.2, 0) is 14.6 Å². The zero-order valence-corrected chi connectivity index (χ0v) is 13.9. The van der Waals surface area contributed by atoms with E-state index < -0.39 is 27.1 Å². The Kier molecular flexibility index (Phi) is 5.43. The Morgan fingerprint density at radius 1 is 1.12 bits per heavy atom. The van der Waals surface area contributed by atoms with Gasteiger partial charge in [-0.2, -0.15) is 0 Å². The molecule has 2 atom stereocenters. The summed E-state index contributed by atoms with van der Waals surface area (Å²) in [6.45, 7) is 0.251. The molecule has 0 amide bonds. The zero-order chi connectivity index (χ0) is 17.9. The van der Waals surface area contributed by atoms with E-state index >= 15 is 0 Å². The summed E-state index contributed by atoms with van der Waals surface area (Å²) in [7, 11) is -3.98. The highest BCUT2D eigenvalue weighted by molar-refractivity contribution is 7.92. The van der Waals surface area contributed by atoms with E-state index in [1.807, 2.05) is 0 Å². The van der Waals surface area contributed by atoms with Gasteiger partial charge in [0.1, 0.15) is 6.04 Å². The number of carboxylic acid groups (broad SMARTS) is 1. The third kappa shape index (κ3) is 3.35. The molecule has 0 aliphatic carbocycles. The summed E-state index contributed by atoms with van der Waals surface area (Å²) in [6.07, 6.45) is 0.433. The summed E-state index contributed by atoms with van der Waals surface area (Å²) in [5.74, 6) is -1.36. The highest BCUT2D eigenvalue weighted by Crippen LogP contribution is 2.31. The lowest BCUT2D eigenvalue weighted by atomic mass is 10.1. The van der Waals surface area contributed by atoms with Crippen molar-refractivity contribution in [1.82, 2.24) is 0 Å². The molecule has 0 saturated heterocycles. The van der Waals surface area contributed by atoms with E-state index in [2.05, 4.69) is 0 Å². The second-order valence-electron chi connectivity index (χ2n) is 5.58. The second-order valence-corrected chi connectivity index (χ2v) is 7.71. The molecule has 0 saturated carbocycles. The molecule has 0 bridgehead atoms. The van der Waals surface area contributed by atoms with Gasteiger partial charge in [-0.15, -0.1) is 0 Å². The van der Waals surface area contributed by atoms with Crippen LogP contribution in [0.3, 0.4) is 0 Å². The van der Waals surface area contributed by atoms with E-state index in [0.29, 0.717) is 22.9 Å². The van der Waals surface area contributed by atoms with Crippen molar-refractivity contribution < 1.29 is 18.3 Å². The largest absolute Gasteiger partial charge is 0.480 e. The average molecular weight is 351 g/mol. The minimum absolute atomic E-state index is 0.0334. The summed E-state index contributed by atoms with van der Waals surface area (Å²) in [6, 6.07) is 8.19. The number of aliphatic carboxylic acids is 1. The Labute approximate surface area is 140 Å². The number of hydrogen-bond acceptors (Lipinski definition) is 6. The van der Waals surface area contributed by atoms with Crippen molar-refractivity contribution in [1.29, 1.82) is 0 Å². The monoisotopic (exact) mass is 351 g/mol. The molecule has 0 aromatic heterocycles. The van der Waals surface area contributed by atoms with Crippen LogP contribution in [0.1, 0.15) is 12.8 Å². The zero-order valence-electron chi connectivity index (χ0n) is 13.1. The molecule has 2 aromatic rings.